The molecule has 0 bridgehead atoms. The van der Waals surface area contributed by atoms with Crippen LogP contribution in [0.1, 0.15) is 107 Å². The minimum absolute atomic E-state index is 0.0162. The number of nitriles is 1. The van der Waals surface area contributed by atoms with E-state index in [1.807, 2.05) is 52.7 Å². The van der Waals surface area contributed by atoms with Crippen LogP contribution in [0.3, 0.4) is 0 Å². The van der Waals surface area contributed by atoms with E-state index < -0.39 is 24.1 Å². The number of nitrogens with zero attached hydrogens (tertiary/aromatic N) is 4. The molecule has 1 saturated heterocycles. The van der Waals surface area contributed by atoms with Crippen molar-refractivity contribution in [3.05, 3.63) is 105 Å². The Hall–Kier alpha value is -6.45. The van der Waals surface area contributed by atoms with Crippen LogP contribution < -0.4 is 25.4 Å². The molecule has 2 saturated carbocycles. The zero-order chi connectivity index (χ0) is 54.1. The second-order valence-electron chi connectivity index (χ2n) is 21.2. The number of fused-ring (bicyclic) bond motifs is 1. The van der Waals surface area contributed by atoms with Gasteiger partial charge in [-0.15, -0.1) is 11.3 Å². The van der Waals surface area contributed by atoms with E-state index in [1.54, 1.807) is 30.3 Å². The lowest BCUT2D eigenvalue weighted by Crippen LogP contribution is -2.74. The number of thiazole rings is 1. The predicted octanol–water partition coefficient (Wildman–Crippen LogP) is 10.4. The Morgan fingerprint density at radius 2 is 1.59 bits per heavy atom. The SMILES string of the molecule is C[C@@H](C(=O)N[C@H](C(=O)N1CCC[C@H]1c1nc(-c2ccc(OCCOCCOCCNc3ccc(C(=O)NC4C(C)(C)C(Oc5ccc(C#N)c(Cl)c5)C4(C)C)cc3)c3ccccc23)cs1)C1CCCCC1)N(C)C(=O)O. The number of hydrogen-bond donors (Lipinski definition) is 4. The molecule has 0 unspecified atom stereocenters. The van der Waals surface area contributed by atoms with Gasteiger partial charge in [-0.1, -0.05) is 82.8 Å². The number of amides is 4. The number of benzene rings is 4. The molecule has 1 aromatic heterocycles. The highest BCUT2D eigenvalue weighted by Gasteiger charge is 2.64. The van der Waals surface area contributed by atoms with Gasteiger partial charge in [0.1, 0.15) is 47.4 Å². The van der Waals surface area contributed by atoms with E-state index in [-0.39, 0.29) is 46.7 Å². The molecule has 76 heavy (non-hydrogen) atoms. The molecule has 0 spiro atoms. The number of likely N-dealkylation sites (tertiary alicyclic amines) is 1. The van der Waals surface area contributed by atoms with Crippen molar-refractivity contribution in [3.8, 4) is 28.8 Å². The summed E-state index contributed by atoms with van der Waals surface area (Å²) in [6, 6.07) is 24.5. The molecule has 4 aromatic carbocycles. The summed E-state index contributed by atoms with van der Waals surface area (Å²) in [6.45, 7) is 13.0. The molecular weight excluding hydrogens is 1010 g/mol. The Labute approximate surface area is 454 Å². The lowest BCUT2D eigenvalue weighted by molar-refractivity contribution is -0.164. The van der Waals surface area contributed by atoms with Gasteiger partial charge in [0.25, 0.3) is 5.91 Å². The highest BCUT2D eigenvalue weighted by molar-refractivity contribution is 7.10. The van der Waals surface area contributed by atoms with Crippen LogP contribution in [0.2, 0.25) is 5.02 Å². The van der Waals surface area contributed by atoms with Crippen LogP contribution in [0.4, 0.5) is 10.5 Å². The first kappa shape index (κ1) is 55.8. The number of carbonyl (C=O) groups is 4. The largest absolute Gasteiger partial charge is 0.491 e. The highest BCUT2D eigenvalue weighted by atomic mass is 35.5. The van der Waals surface area contributed by atoms with Crippen LogP contribution in [0.15, 0.2) is 84.2 Å². The standard InChI is InChI=1S/C58H70ClN7O9S/c1-36(65(6)56(70)71)50(67)63-49(37-13-8-7-9-14-37)53(69)66-27-12-17-47(66)52-62-46(35-76-52)43-24-25-48(44-16-11-10-15-42(43)44)74-32-31-73-30-29-72-28-26-61-40-21-18-38(19-22-40)51(68)64-54-57(2,3)55(58(54,4)5)75-41-23-20-39(34-60)45(59)33-41/h10-11,15-16,18-25,33,35-37,47,49,54-55,61H,7-9,12-14,17,26-32H2,1-6H3,(H,63,67)(H,64,68)(H,70,71)/t36-,47-,49-,54?,55?/m0/s1. The summed E-state index contributed by atoms with van der Waals surface area (Å²) in [5.74, 6) is 0.551. The monoisotopic (exact) mass is 1080 g/mol. The molecule has 2 aliphatic carbocycles. The number of nitrogens with one attached hydrogen (secondary N) is 3. The van der Waals surface area contributed by atoms with Gasteiger partial charge < -0.3 is 44.9 Å². The molecule has 5 aromatic rings. The number of anilines is 1. The maximum absolute atomic E-state index is 14.5. The van der Waals surface area contributed by atoms with E-state index in [1.165, 1.54) is 25.3 Å². The van der Waals surface area contributed by atoms with Crippen LogP contribution in [0.25, 0.3) is 22.0 Å². The van der Waals surface area contributed by atoms with Crippen molar-refractivity contribution in [1.29, 1.82) is 5.26 Å². The third-order valence-corrected chi connectivity index (χ3v) is 16.7. The molecule has 404 valence electrons. The topological polar surface area (TPSA) is 205 Å². The van der Waals surface area contributed by atoms with E-state index in [9.17, 15) is 29.5 Å². The summed E-state index contributed by atoms with van der Waals surface area (Å²) < 4.78 is 24.2. The summed E-state index contributed by atoms with van der Waals surface area (Å²) in [5, 5.41) is 33.5. The molecular formula is C58H70ClN7O9S. The zero-order valence-corrected chi connectivity index (χ0v) is 45.8. The summed E-state index contributed by atoms with van der Waals surface area (Å²) in [4.78, 5) is 60.8. The second kappa shape index (κ2) is 24.7. The number of carbonyl (C=O) groups excluding carboxylic acids is 3. The Morgan fingerprint density at radius 3 is 2.29 bits per heavy atom. The van der Waals surface area contributed by atoms with Crippen LogP contribution in [-0.4, -0.2) is 121 Å². The third kappa shape index (κ3) is 12.5. The molecule has 4 amide bonds. The van der Waals surface area contributed by atoms with E-state index in [2.05, 4.69) is 55.8 Å². The van der Waals surface area contributed by atoms with Crippen molar-refractivity contribution < 1.29 is 43.2 Å². The van der Waals surface area contributed by atoms with Crippen molar-refractivity contribution in [2.45, 2.75) is 110 Å². The van der Waals surface area contributed by atoms with Gasteiger partial charge in [0, 0.05) is 70.7 Å². The zero-order valence-electron chi connectivity index (χ0n) is 44.2. The average Bonchev–Trinajstić information content (AvgIpc) is 4.14. The van der Waals surface area contributed by atoms with Gasteiger partial charge in [0.05, 0.1) is 48.7 Å². The van der Waals surface area contributed by atoms with Gasteiger partial charge in [-0.3, -0.25) is 19.3 Å². The average molecular weight is 1080 g/mol. The van der Waals surface area contributed by atoms with Crippen molar-refractivity contribution in [1.82, 2.24) is 25.4 Å². The summed E-state index contributed by atoms with van der Waals surface area (Å²) in [6.07, 6.45) is 4.91. The first-order valence-electron chi connectivity index (χ1n) is 26.3. The fraction of sp³-hybridized carbons (Fsp3) is 0.483. The van der Waals surface area contributed by atoms with Crippen LogP contribution >= 0.6 is 22.9 Å². The van der Waals surface area contributed by atoms with Crippen LogP contribution in [0, 0.1) is 28.1 Å². The molecule has 3 atom stereocenters. The number of hydrogen-bond acceptors (Lipinski definition) is 12. The molecule has 0 radical (unpaired) electrons. The molecule has 3 fully saturated rings. The third-order valence-electron chi connectivity index (χ3n) is 15.5. The lowest BCUT2D eigenvalue weighted by Gasteiger charge is -2.63. The second-order valence-corrected chi connectivity index (χ2v) is 22.5. The minimum Gasteiger partial charge on any atom is -0.491 e. The number of carboxylic acid groups (broad SMARTS) is 1. The quantitative estimate of drug-likeness (QED) is 0.0478. The number of ether oxygens (including phenoxy) is 4. The maximum Gasteiger partial charge on any atom is 0.407 e. The van der Waals surface area contributed by atoms with Gasteiger partial charge >= 0.3 is 6.09 Å². The van der Waals surface area contributed by atoms with E-state index >= 15 is 0 Å². The molecule has 8 rings (SSSR count). The Morgan fingerprint density at radius 1 is 0.895 bits per heavy atom. The van der Waals surface area contributed by atoms with Gasteiger partial charge in [-0.05, 0) is 92.4 Å². The predicted molar refractivity (Wildman–Crippen MR) is 294 cm³/mol. The highest BCUT2D eigenvalue weighted by Crippen LogP contribution is 2.56. The number of aromatic nitrogens is 1. The van der Waals surface area contributed by atoms with Crippen molar-refractivity contribution in [3.63, 3.8) is 0 Å². The Balaban J connectivity index is 0.758. The van der Waals surface area contributed by atoms with Crippen LogP contribution in [-0.2, 0) is 19.1 Å². The molecule has 2 heterocycles. The van der Waals surface area contributed by atoms with Gasteiger partial charge in [0.15, 0.2) is 0 Å². The van der Waals surface area contributed by atoms with Crippen molar-refractivity contribution in [2.75, 3.05) is 58.5 Å². The molecule has 4 N–H and O–H groups in total. The fourth-order valence-electron chi connectivity index (χ4n) is 11.5. The maximum atomic E-state index is 14.5. The van der Waals surface area contributed by atoms with E-state index in [0.717, 1.165) is 88.3 Å². The number of halogens is 1. The van der Waals surface area contributed by atoms with Crippen molar-refractivity contribution in [2.24, 2.45) is 16.7 Å². The van der Waals surface area contributed by atoms with Gasteiger partial charge in [-0.25, -0.2) is 9.78 Å². The first-order chi connectivity index (χ1) is 36.5. The first-order valence-corrected chi connectivity index (χ1v) is 27.6. The minimum atomic E-state index is -1.20. The Bertz CT molecular complexity index is 2880. The van der Waals surface area contributed by atoms with Gasteiger partial charge in [0.2, 0.25) is 11.8 Å². The van der Waals surface area contributed by atoms with E-state index in [0.29, 0.717) is 68.0 Å². The number of likely N-dealkylation sites (N-methyl/N-ethyl adjacent to an activating group) is 1. The summed E-state index contributed by atoms with van der Waals surface area (Å²) in [5.41, 5.74) is 2.85. The fourth-order valence-corrected chi connectivity index (χ4v) is 12.6. The summed E-state index contributed by atoms with van der Waals surface area (Å²) >= 11 is 7.78. The molecule has 3 aliphatic rings. The lowest BCUT2D eigenvalue weighted by atomic mass is 9.49. The summed E-state index contributed by atoms with van der Waals surface area (Å²) in [7, 11) is 1.36. The molecule has 16 nitrogen and oxygen atoms in total. The molecule has 18 heteroatoms. The van der Waals surface area contributed by atoms with Gasteiger partial charge in [-0.2, -0.15) is 5.26 Å². The normalized spacial score (nSPS) is 19.7. The van der Waals surface area contributed by atoms with Crippen molar-refractivity contribution >= 4 is 63.2 Å². The van der Waals surface area contributed by atoms with Crippen LogP contribution in [0.5, 0.6) is 11.5 Å². The number of rotatable bonds is 22. The smallest absolute Gasteiger partial charge is 0.407 e. The molecule has 1 aliphatic heterocycles. The van der Waals surface area contributed by atoms with E-state index in [4.69, 9.17) is 35.5 Å². The Kier molecular flexibility index (Phi) is 18.1.